The molecular weight excluding hydrogens is 378 g/mol. The first kappa shape index (κ1) is 18.8. The van der Waals surface area contributed by atoms with E-state index in [4.69, 9.17) is 9.26 Å². The molecule has 7 nitrogen and oxygen atoms in total. The van der Waals surface area contributed by atoms with Crippen LogP contribution >= 0.6 is 0 Å². The summed E-state index contributed by atoms with van der Waals surface area (Å²) in [7, 11) is -3.58. The lowest BCUT2D eigenvalue weighted by Gasteiger charge is -2.26. The molecule has 0 spiro atoms. The second-order valence-electron chi connectivity index (χ2n) is 6.52. The van der Waals surface area contributed by atoms with Gasteiger partial charge in [-0.15, -0.1) is 0 Å². The van der Waals surface area contributed by atoms with Crippen LogP contribution in [0.25, 0.3) is 22.8 Å². The van der Waals surface area contributed by atoms with Gasteiger partial charge in [0.2, 0.25) is 15.8 Å². The van der Waals surface area contributed by atoms with Gasteiger partial charge in [0.25, 0.3) is 5.89 Å². The summed E-state index contributed by atoms with van der Waals surface area (Å²) in [5.41, 5.74) is 2.65. The smallest absolute Gasteiger partial charge is 0.258 e. The van der Waals surface area contributed by atoms with Gasteiger partial charge in [-0.05, 0) is 30.2 Å². The Bertz CT molecular complexity index is 1060. The number of aromatic nitrogens is 2. The zero-order valence-electron chi connectivity index (χ0n) is 15.5. The monoisotopic (exact) mass is 399 g/mol. The van der Waals surface area contributed by atoms with Crippen molar-refractivity contribution in [3.05, 3.63) is 54.1 Å². The van der Waals surface area contributed by atoms with Crippen LogP contribution in [0.5, 0.6) is 0 Å². The minimum atomic E-state index is -3.58. The van der Waals surface area contributed by atoms with E-state index < -0.39 is 10.0 Å². The van der Waals surface area contributed by atoms with Crippen LogP contribution in [-0.4, -0.2) is 49.2 Å². The van der Waals surface area contributed by atoms with E-state index in [2.05, 4.69) is 17.1 Å². The first-order valence-corrected chi connectivity index (χ1v) is 10.6. The number of sulfonamides is 1. The maximum Gasteiger partial charge on any atom is 0.258 e. The second kappa shape index (κ2) is 7.83. The number of hydrogen-bond acceptors (Lipinski definition) is 6. The van der Waals surface area contributed by atoms with Crippen molar-refractivity contribution in [1.29, 1.82) is 0 Å². The molecule has 146 valence electrons. The van der Waals surface area contributed by atoms with E-state index in [1.54, 1.807) is 24.3 Å². The molecule has 2 aromatic carbocycles. The van der Waals surface area contributed by atoms with Gasteiger partial charge in [0, 0.05) is 24.2 Å². The third-order valence-electron chi connectivity index (χ3n) is 4.74. The van der Waals surface area contributed by atoms with E-state index >= 15 is 0 Å². The number of benzene rings is 2. The van der Waals surface area contributed by atoms with Crippen LogP contribution < -0.4 is 0 Å². The third kappa shape index (κ3) is 3.71. The SMILES string of the molecule is CCc1ccc(-c2noc(-c3cccc(S(=O)(=O)N4CCOCC4)c3)n2)cc1. The summed E-state index contributed by atoms with van der Waals surface area (Å²) in [6.45, 7) is 3.61. The largest absolute Gasteiger partial charge is 0.379 e. The first-order valence-electron chi connectivity index (χ1n) is 9.19. The van der Waals surface area contributed by atoms with E-state index in [0.29, 0.717) is 37.7 Å². The Morgan fingerprint density at radius 3 is 2.50 bits per heavy atom. The first-order chi connectivity index (χ1) is 13.6. The van der Waals surface area contributed by atoms with Crippen molar-refractivity contribution in [2.45, 2.75) is 18.2 Å². The Morgan fingerprint density at radius 1 is 1.04 bits per heavy atom. The number of nitrogens with zero attached hydrogens (tertiary/aromatic N) is 3. The van der Waals surface area contributed by atoms with Crippen LogP contribution in [0.2, 0.25) is 0 Å². The molecule has 1 aliphatic rings. The normalized spacial score (nSPS) is 15.6. The Balaban J connectivity index is 1.62. The van der Waals surface area contributed by atoms with Gasteiger partial charge in [-0.25, -0.2) is 8.42 Å². The van der Waals surface area contributed by atoms with Crippen molar-refractivity contribution in [3.8, 4) is 22.8 Å². The summed E-state index contributed by atoms with van der Waals surface area (Å²) in [4.78, 5) is 4.64. The number of ether oxygens (including phenoxy) is 1. The molecule has 0 N–H and O–H groups in total. The fraction of sp³-hybridized carbons (Fsp3) is 0.300. The number of rotatable bonds is 5. The maximum atomic E-state index is 12.9. The molecule has 1 saturated heterocycles. The topological polar surface area (TPSA) is 85.5 Å². The summed E-state index contributed by atoms with van der Waals surface area (Å²) in [6, 6.07) is 14.6. The summed E-state index contributed by atoms with van der Waals surface area (Å²) >= 11 is 0. The predicted octanol–water partition coefficient (Wildman–Crippen LogP) is 2.99. The summed E-state index contributed by atoms with van der Waals surface area (Å²) < 4.78 is 37.8. The quantitative estimate of drug-likeness (QED) is 0.656. The van der Waals surface area contributed by atoms with Crippen molar-refractivity contribution in [2.24, 2.45) is 0 Å². The molecule has 0 unspecified atom stereocenters. The lowest BCUT2D eigenvalue weighted by molar-refractivity contribution is 0.0730. The molecule has 8 heteroatoms. The lowest BCUT2D eigenvalue weighted by atomic mass is 10.1. The fourth-order valence-electron chi connectivity index (χ4n) is 3.07. The van der Waals surface area contributed by atoms with Gasteiger partial charge in [-0.3, -0.25) is 0 Å². The third-order valence-corrected chi connectivity index (χ3v) is 6.63. The Kier molecular flexibility index (Phi) is 5.25. The average molecular weight is 399 g/mol. The van der Waals surface area contributed by atoms with Crippen LogP contribution in [0.1, 0.15) is 12.5 Å². The van der Waals surface area contributed by atoms with Crippen LogP contribution in [0.15, 0.2) is 57.9 Å². The molecular formula is C20H21N3O4S. The van der Waals surface area contributed by atoms with Gasteiger partial charge in [0.05, 0.1) is 18.1 Å². The zero-order valence-corrected chi connectivity index (χ0v) is 16.4. The molecule has 1 aromatic heterocycles. The minimum Gasteiger partial charge on any atom is -0.379 e. The van der Waals surface area contributed by atoms with Gasteiger partial charge in [0.15, 0.2) is 0 Å². The van der Waals surface area contributed by atoms with E-state index in [9.17, 15) is 8.42 Å². The van der Waals surface area contributed by atoms with Crippen LogP contribution in [-0.2, 0) is 21.2 Å². The Labute approximate surface area is 164 Å². The average Bonchev–Trinajstić information content (AvgIpc) is 3.25. The maximum absolute atomic E-state index is 12.9. The predicted molar refractivity (Wildman–Crippen MR) is 104 cm³/mol. The molecule has 28 heavy (non-hydrogen) atoms. The summed E-state index contributed by atoms with van der Waals surface area (Å²) in [5, 5.41) is 4.04. The highest BCUT2D eigenvalue weighted by Gasteiger charge is 2.27. The van der Waals surface area contributed by atoms with Crippen LogP contribution in [0, 0.1) is 0 Å². The van der Waals surface area contributed by atoms with Crippen LogP contribution in [0.3, 0.4) is 0 Å². The van der Waals surface area contributed by atoms with Gasteiger partial charge in [0.1, 0.15) is 0 Å². The van der Waals surface area contributed by atoms with Gasteiger partial charge >= 0.3 is 0 Å². The van der Waals surface area contributed by atoms with E-state index in [-0.39, 0.29) is 10.8 Å². The molecule has 4 rings (SSSR count). The van der Waals surface area contributed by atoms with E-state index in [1.807, 2.05) is 24.3 Å². The molecule has 3 aromatic rings. The van der Waals surface area contributed by atoms with Crippen molar-refractivity contribution in [2.75, 3.05) is 26.3 Å². The highest BCUT2D eigenvalue weighted by molar-refractivity contribution is 7.89. The number of aryl methyl sites for hydroxylation is 1. The molecule has 1 aliphatic heterocycles. The number of morpholine rings is 1. The fourth-order valence-corrected chi connectivity index (χ4v) is 4.53. The van der Waals surface area contributed by atoms with Gasteiger partial charge < -0.3 is 9.26 Å². The molecule has 0 aliphatic carbocycles. The molecule has 0 radical (unpaired) electrons. The van der Waals surface area contributed by atoms with Gasteiger partial charge in [-0.1, -0.05) is 42.4 Å². The van der Waals surface area contributed by atoms with Crippen molar-refractivity contribution in [3.63, 3.8) is 0 Å². The summed E-state index contributed by atoms with van der Waals surface area (Å²) in [6.07, 6.45) is 0.960. The zero-order chi connectivity index (χ0) is 19.6. The van der Waals surface area contributed by atoms with E-state index in [1.165, 1.54) is 9.87 Å². The van der Waals surface area contributed by atoms with E-state index in [0.717, 1.165) is 12.0 Å². The molecule has 0 saturated carbocycles. The lowest BCUT2D eigenvalue weighted by Crippen LogP contribution is -2.40. The molecule has 0 bridgehead atoms. The van der Waals surface area contributed by atoms with Crippen molar-refractivity contribution < 1.29 is 17.7 Å². The minimum absolute atomic E-state index is 0.207. The summed E-state index contributed by atoms with van der Waals surface area (Å²) in [5.74, 6) is 0.757. The second-order valence-corrected chi connectivity index (χ2v) is 8.46. The highest BCUT2D eigenvalue weighted by atomic mass is 32.2. The highest BCUT2D eigenvalue weighted by Crippen LogP contribution is 2.26. The standard InChI is InChI=1S/C20H21N3O4S/c1-2-15-6-8-16(9-7-15)19-21-20(27-22-19)17-4-3-5-18(14-17)28(24,25)23-10-12-26-13-11-23/h3-9,14H,2,10-13H2,1H3. The Hall–Kier alpha value is -2.55. The molecule has 2 heterocycles. The van der Waals surface area contributed by atoms with Crippen molar-refractivity contribution >= 4 is 10.0 Å². The molecule has 0 atom stereocenters. The van der Waals surface area contributed by atoms with Gasteiger partial charge in [-0.2, -0.15) is 9.29 Å². The number of hydrogen-bond donors (Lipinski definition) is 0. The Morgan fingerprint density at radius 2 is 1.79 bits per heavy atom. The molecule has 1 fully saturated rings. The van der Waals surface area contributed by atoms with Crippen LogP contribution in [0.4, 0.5) is 0 Å². The molecule has 0 amide bonds. The van der Waals surface area contributed by atoms with Crippen molar-refractivity contribution in [1.82, 2.24) is 14.4 Å².